The minimum Gasteiger partial charge on any atom is -0.322 e. The van der Waals surface area contributed by atoms with Crippen molar-refractivity contribution in [2.24, 2.45) is 0 Å². The molecule has 0 saturated heterocycles. The summed E-state index contributed by atoms with van der Waals surface area (Å²) >= 11 is 0. The lowest BCUT2D eigenvalue weighted by molar-refractivity contribution is -0.137. The van der Waals surface area contributed by atoms with Crippen LogP contribution in [0.1, 0.15) is 21.5 Å². The van der Waals surface area contributed by atoms with Gasteiger partial charge in [0.2, 0.25) is 0 Å². The van der Waals surface area contributed by atoms with E-state index in [-0.39, 0.29) is 5.69 Å². The first-order valence-electron chi connectivity index (χ1n) is 7.70. The predicted molar refractivity (Wildman–Crippen MR) is 91.6 cm³/mol. The van der Waals surface area contributed by atoms with E-state index in [1.807, 2.05) is 6.92 Å². The molecule has 1 aromatic heterocycles. The minimum absolute atomic E-state index is 0.0778. The molecular formula is C19H14F3N3O. The maximum atomic E-state index is 12.8. The van der Waals surface area contributed by atoms with Crippen LogP contribution in [0.25, 0.3) is 11.3 Å². The number of amides is 1. The van der Waals surface area contributed by atoms with Crippen molar-refractivity contribution in [3.05, 3.63) is 77.7 Å². The van der Waals surface area contributed by atoms with Gasteiger partial charge in [0.25, 0.3) is 5.91 Å². The zero-order valence-corrected chi connectivity index (χ0v) is 13.7. The second-order valence-electron chi connectivity index (χ2n) is 5.66. The van der Waals surface area contributed by atoms with Gasteiger partial charge >= 0.3 is 6.18 Å². The molecule has 0 aliphatic heterocycles. The van der Waals surface area contributed by atoms with Gasteiger partial charge in [0.05, 0.1) is 11.3 Å². The number of nitrogens with zero attached hydrogens (tertiary/aromatic N) is 2. The molecule has 0 atom stereocenters. The Hall–Kier alpha value is -3.22. The summed E-state index contributed by atoms with van der Waals surface area (Å²) < 4.78 is 38.4. The van der Waals surface area contributed by atoms with Crippen molar-refractivity contribution in [1.82, 2.24) is 9.97 Å². The number of alkyl halides is 3. The lowest BCUT2D eigenvalue weighted by Crippen LogP contribution is -2.13. The van der Waals surface area contributed by atoms with Crippen LogP contribution in [0, 0.1) is 6.92 Å². The molecule has 0 spiro atoms. The molecule has 1 heterocycles. The second-order valence-corrected chi connectivity index (χ2v) is 5.66. The van der Waals surface area contributed by atoms with Crippen LogP contribution in [0.2, 0.25) is 0 Å². The van der Waals surface area contributed by atoms with Crippen molar-refractivity contribution in [2.75, 3.05) is 5.32 Å². The fourth-order valence-corrected chi connectivity index (χ4v) is 2.47. The quantitative estimate of drug-likeness (QED) is 0.738. The molecule has 3 aromatic rings. The van der Waals surface area contributed by atoms with Gasteiger partial charge in [0.1, 0.15) is 6.33 Å². The van der Waals surface area contributed by atoms with Crippen LogP contribution in [-0.2, 0) is 6.18 Å². The molecule has 0 unspecified atom stereocenters. The van der Waals surface area contributed by atoms with Crippen LogP contribution < -0.4 is 5.32 Å². The van der Waals surface area contributed by atoms with E-state index in [1.165, 1.54) is 18.5 Å². The van der Waals surface area contributed by atoms with E-state index in [1.54, 1.807) is 30.5 Å². The number of nitrogens with one attached hydrogen (secondary N) is 1. The Balaban J connectivity index is 1.87. The number of aryl methyl sites for hydroxylation is 1. The Morgan fingerprint density at radius 3 is 2.58 bits per heavy atom. The number of halogens is 3. The van der Waals surface area contributed by atoms with E-state index in [4.69, 9.17) is 0 Å². The molecule has 0 saturated carbocycles. The number of aromatic nitrogens is 2. The van der Waals surface area contributed by atoms with Crippen LogP contribution in [0.15, 0.2) is 61.1 Å². The van der Waals surface area contributed by atoms with E-state index in [0.717, 1.165) is 23.3 Å². The van der Waals surface area contributed by atoms with Gasteiger partial charge in [-0.25, -0.2) is 9.97 Å². The van der Waals surface area contributed by atoms with Crippen LogP contribution in [-0.4, -0.2) is 15.9 Å². The lowest BCUT2D eigenvalue weighted by atomic mass is 10.0. The maximum Gasteiger partial charge on any atom is 0.416 e. The molecule has 4 nitrogen and oxygen atoms in total. The number of anilines is 1. The van der Waals surface area contributed by atoms with Crippen LogP contribution in [0.4, 0.5) is 18.9 Å². The summed E-state index contributed by atoms with van der Waals surface area (Å²) in [6.45, 7) is 1.88. The third-order valence-electron chi connectivity index (χ3n) is 3.81. The highest BCUT2D eigenvalue weighted by Gasteiger charge is 2.30. The first-order chi connectivity index (χ1) is 12.3. The van der Waals surface area contributed by atoms with E-state index in [2.05, 4.69) is 15.3 Å². The molecule has 132 valence electrons. The number of carbonyl (C=O) groups is 1. The average Bonchev–Trinajstić information content (AvgIpc) is 2.62. The van der Waals surface area contributed by atoms with Crippen molar-refractivity contribution in [1.29, 1.82) is 0 Å². The van der Waals surface area contributed by atoms with E-state index in [0.29, 0.717) is 11.3 Å². The molecule has 1 N–H and O–H groups in total. The van der Waals surface area contributed by atoms with Crippen molar-refractivity contribution in [3.8, 4) is 11.3 Å². The fourth-order valence-electron chi connectivity index (χ4n) is 2.47. The van der Waals surface area contributed by atoms with Gasteiger partial charge in [-0.05, 0) is 48.9 Å². The molecule has 0 radical (unpaired) electrons. The highest BCUT2D eigenvalue weighted by Crippen LogP contribution is 2.31. The van der Waals surface area contributed by atoms with Crippen molar-refractivity contribution in [2.45, 2.75) is 13.1 Å². The van der Waals surface area contributed by atoms with Gasteiger partial charge < -0.3 is 5.32 Å². The van der Waals surface area contributed by atoms with Gasteiger partial charge in [-0.1, -0.05) is 12.1 Å². The van der Waals surface area contributed by atoms with E-state index < -0.39 is 17.6 Å². The third-order valence-corrected chi connectivity index (χ3v) is 3.81. The number of hydrogen-bond donors (Lipinski definition) is 1. The summed E-state index contributed by atoms with van der Waals surface area (Å²) in [5.41, 5.74) is 1.91. The molecule has 7 heteroatoms. The van der Waals surface area contributed by atoms with E-state index >= 15 is 0 Å². The molecule has 26 heavy (non-hydrogen) atoms. The van der Waals surface area contributed by atoms with Gasteiger partial charge in [0, 0.05) is 23.0 Å². The molecular weight excluding hydrogens is 343 g/mol. The summed E-state index contributed by atoms with van der Waals surface area (Å²) in [6, 6.07) is 11.3. The Morgan fingerprint density at radius 2 is 1.88 bits per heavy atom. The lowest BCUT2D eigenvalue weighted by Gasteiger charge is -2.11. The van der Waals surface area contributed by atoms with Crippen LogP contribution in [0.5, 0.6) is 0 Å². The predicted octanol–water partition coefficient (Wildman–Crippen LogP) is 4.72. The van der Waals surface area contributed by atoms with Gasteiger partial charge in [-0.3, -0.25) is 4.79 Å². The average molecular weight is 357 g/mol. The molecule has 2 aromatic carbocycles. The van der Waals surface area contributed by atoms with Crippen LogP contribution >= 0.6 is 0 Å². The second kappa shape index (κ2) is 6.95. The van der Waals surface area contributed by atoms with Crippen molar-refractivity contribution < 1.29 is 18.0 Å². The fraction of sp³-hybridized carbons (Fsp3) is 0.105. The molecule has 0 aliphatic rings. The van der Waals surface area contributed by atoms with Gasteiger partial charge in [-0.2, -0.15) is 13.2 Å². The standard InChI is InChI=1S/C19H14F3N3O/c1-12-5-6-13(9-16(12)17-7-8-23-11-24-17)18(26)25-15-4-2-3-14(10-15)19(20,21)22/h2-11H,1H3,(H,25,26). The summed E-state index contributed by atoms with van der Waals surface area (Å²) in [6.07, 6.45) is -1.47. The maximum absolute atomic E-state index is 12.8. The first kappa shape index (κ1) is 17.6. The largest absolute Gasteiger partial charge is 0.416 e. The SMILES string of the molecule is Cc1ccc(C(=O)Nc2cccc(C(F)(F)F)c2)cc1-c1ccncn1. The number of hydrogen-bond acceptors (Lipinski definition) is 3. The third kappa shape index (κ3) is 3.88. The first-order valence-corrected chi connectivity index (χ1v) is 7.70. The van der Waals surface area contributed by atoms with Crippen molar-refractivity contribution >= 4 is 11.6 Å². The molecule has 0 aliphatic carbocycles. The Labute approximate surface area is 147 Å². The molecule has 0 bridgehead atoms. The zero-order valence-electron chi connectivity index (χ0n) is 13.7. The highest BCUT2D eigenvalue weighted by molar-refractivity contribution is 6.05. The molecule has 1 amide bonds. The highest BCUT2D eigenvalue weighted by atomic mass is 19.4. The summed E-state index contributed by atoms with van der Waals surface area (Å²) in [4.78, 5) is 20.5. The van der Waals surface area contributed by atoms with Crippen LogP contribution in [0.3, 0.4) is 0 Å². The summed E-state index contributed by atoms with van der Waals surface area (Å²) in [5, 5.41) is 2.50. The van der Waals surface area contributed by atoms with Gasteiger partial charge in [0.15, 0.2) is 0 Å². The Kier molecular flexibility index (Phi) is 4.71. The van der Waals surface area contributed by atoms with E-state index in [9.17, 15) is 18.0 Å². The Morgan fingerprint density at radius 1 is 1.08 bits per heavy atom. The summed E-state index contributed by atoms with van der Waals surface area (Å²) in [7, 11) is 0. The molecule has 3 rings (SSSR count). The number of benzene rings is 2. The topological polar surface area (TPSA) is 54.9 Å². The normalized spacial score (nSPS) is 11.2. The van der Waals surface area contributed by atoms with Gasteiger partial charge in [-0.15, -0.1) is 0 Å². The smallest absolute Gasteiger partial charge is 0.322 e. The monoisotopic (exact) mass is 357 g/mol. The molecule has 0 fully saturated rings. The number of carbonyl (C=O) groups excluding carboxylic acids is 1. The zero-order chi connectivity index (χ0) is 18.7. The Bertz CT molecular complexity index is 940. The number of rotatable bonds is 3. The van der Waals surface area contributed by atoms with Crippen molar-refractivity contribution in [3.63, 3.8) is 0 Å². The minimum atomic E-state index is -4.47. The summed E-state index contributed by atoms with van der Waals surface area (Å²) in [5.74, 6) is -0.500.